The van der Waals surface area contributed by atoms with E-state index in [2.05, 4.69) is 10.3 Å². The molecule has 0 saturated carbocycles. The number of hydrogen-bond acceptors (Lipinski definition) is 6. The van der Waals surface area contributed by atoms with Crippen LogP contribution in [0.25, 0.3) is 0 Å². The smallest absolute Gasteiger partial charge is 0.293 e. The zero-order valence-electron chi connectivity index (χ0n) is 14.6. The molecule has 0 aliphatic carbocycles. The predicted molar refractivity (Wildman–Crippen MR) is 101 cm³/mol. The Balaban J connectivity index is 1.86. The summed E-state index contributed by atoms with van der Waals surface area (Å²) < 4.78 is 5.18. The first-order valence-corrected chi connectivity index (χ1v) is 8.20. The third-order valence-electron chi connectivity index (χ3n) is 4.01. The summed E-state index contributed by atoms with van der Waals surface area (Å²) >= 11 is 0. The third-order valence-corrected chi connectivity index (χ3v) is 4.01. The average Bonchev–Trinajstić information content (AvgIpc) is 2.72. The number of aromatic nitrogens is 1. The van der Waals surface area contributed by atoms with Crippen LogP contribution in [0.1, 0.15) is 21.5 Å². The van der Waals surface area contributed by atoms with Gasteiger partial charge in [-0.15, -0.1) is 0 Å². The number of nitrogens with one attached hydrogen (secondary N) is 1. The van der Waals surface area contributed by atoms with Crippen LogP contribution in [0.4, 0.5) is 11.4 Å². The summed E-state index contributed by atoms with van der Waals surface area (Å²) in [5.74, 6) is 0.183. The lowest BCUT2D eigenvalue weighted by atomic mass is 10.0. The Morgan fingerprint density at radius 3 is 2.59 bits per heavy atom. The van der Waals surface area contributed by atoms with Crippen molar-refractivity contribution in [2.24, 2.45) is 0 Å². The molecule has 0 unspecified atom stereocenters. The molecule has 1 heterocycles. The minimum absolute atomic E-state index is 0.167. The molecule has 3 aromatic rings. The SMILES string of the molecule is COc1ncccc1CNc1ccc(C(=O)c2ccccc2)cc1[N+](=O)[O-]. The second-order valence-electron chi connectivity index (χ2n) is 5.71. The van der Waals surface area contributed by atoms with Crippen LogP contribution in [0.3, 0.4) is 0 Å². The number of carbonyl (C=O) groups excluding carboxylic acids is 1. The van der Waals surface area contributed by atoms with Gasteiger partial charge in [0.05, 0.1) is 12.0 Å². The van der Waals surface area contributed by atoms with Crippen molar-refractivity contribution in [2.45, 2.75) is 6.54 Å². The van der Waals surface area contributed by atoms with Crippen LogP contribution in [0.5, 0.6) is 5.88 Å². The molecule has 136 valence electrons. The highest BCUT2D eigenvalue weighted by atomic mass is 16.6. The summed E-state index contributed by atoms with van der Waals surface area (Å²) in [5, 5.41) is 14.5. The van der Waals surface area contributed by atoms with Crippen LogP contribution in [0.2, 0.25) is 0 Å². The first kappa shape index (κ1) is 18.1. The molecule has 0 aliphatic heterocycles. The van der Waals surface area contributed by atoms with Gasteiger partial charge in [-0.1, -0.05) is 36.4 Å². The molecule has 0 saturated heterocycles. The molecule has 1 N–H and O–H groups in total. The quantitative estimate of drug-likeness (QED) is 0.389. The molecule has 7 heteroatoms. The highest BCUT2D eigenvalue weighted by molar-refractivity contribution is 6.09. The number of nitro groups is 1. The molecule has 0 amide bonds. The van der Waals surface area contributed by atoms with E-state index in [-0.39, 0.29) is 17.0 Å². The largest absolute Gasteiger partial charge is 0.481 e. The van der Waals surface area contributed by atoms with Crippen LogP contribution in [0.15, 0.2) is 66.9 Å². The van der Waals surface area contributed by atoms with Gasteiger partial charge in [-0.3, -0.25) is 14.9 Å². The molecule has 27 heavy (non-hydrogen) atoms. The number of carbonyl (C=O) groups is 1. The van der Waals surface area contributed by atoms with Gasteiger partial charge in [0.2, 0.25) is 5.88 Å². The maximum atomic E-state index is 12.5. The lowest BCUT2D eigenvalue weighted by molar-refractivity contribution is -0.384. The number of rotatable bonds is 7. The van der Waals surface area contributed by atoms with Gasteiger partial charge in [-0.2, -0.15) is 0 Å². The van der Waals surface area contributed by atoms with E-state index in [1.165, 1.54) is 19.2 Å². The van der Waals surface area contributed by atoms with E-state index in [1.807, 2.05) is 6.07 Å². The standard InChI is InChI=1S/C20H17N3O4/c1-27-20-16(8-5-11-21-20)13-22-17-10-9-15(12-18(17)23(25)26)19(24)14-6-3-2-4-7-14/h2-12,22H,13H2,1H3. The van der Waals surface area contributed by atoms with Crippen molar-refractivity contribution in [3.8, 4) is 5.88 Å². The number of nitro benzene ring substituents is 1. The summed E-state index contributed by atoms with van der Waals surface area (Å²) in [6.07, 6.45) is 1.61. The fourth-order valence-corrected chi connectivity index (χ4v) is 2.66. The summed E-state index contributed by atoms with van der Waals surface area (Å²) in [4.78, 5) is 27.6. The van der Waals surface area contributed by atoms with Crippen molar-refractivity contribution in [3.05, 3.63) is 93.7 Å². The summed E-state index contributed by atoms with van der Waals surface area (Å²) in [5.41, 5.74) is 1.65. The Morgan fingerprint density at radius 2 is 1.89 bits per heavy atom. The van der Waals surface area contributed by atoms with Gasteiger partial charge in [0.15, 0.2) is 5.78 Å². The normalized spacial score (nSPS) is 10.3. The van der Waals surface area contributed by atoms with E-state index in [0.29, 0.717) is 23.7 Å². The molecule has 1 aromatic heterocycles. The second-order valence-corrected chi connectivity index (χ2v) is 5.71. The Labute approximate surface area is 155 Å². The number of anilines is 1. The summed E-state index contributed by atoms with van der Waals surface area (Å²) in [7, 11) is 1.51. The van der Waals surface area contributed by atoms with Gasteiger partial charge in [-0.25, -0.2) is 4.98 Å². The van der Waals surface area contributed by atoms with Crippen molar-refractivity contribution >= 4 is 17.2 Å². The molecule has 3 rings (SSSR count). The van der Waals surface area contributed by atoms with E-state index in [1.54, 1.807) is 48.7 Å². The summed E-state index contributed by atoms with van der Waals surface area (Å²) in [6, 6.07) is 16.6. The Kier molecular flexibility index (Phi) is 5.41. The van der Waals surface area contributed by atoms with Crippen molar-refractivity contribution < 1.29 is 14.5 Å². The molecule has 0 radical (unpaired) electrons. The van der Waals surface area contributed by atoms with Crippen LogP contribution in [-0.2, 0) is 6.54 Å². The van der Waals surface area contributed by atoms with Crippen molar-refractivity contribution in [1.82, 2.24) is 4.98 Å². The Hall–Kier alpha value is -3.74. The van der Waals surface area contributed by atoms with Gasteiger partial charge in [0, 0.05) is 35.5 Å². The topological polar surface area (TPSA) is 94.4 Å². The van der Waals surface area contributed by atoms with Crippen molar-refractivity contribution in [2.75, 3.05) is 12.4 Å². The number of ether oxygens (including phenoxy) is 1. The highest BCUT2D eigenvalue weighted by Crippen LogP contribution is 2.28. The second kappa shape index (κ2) is 8.09. The molecular formula is C20H17N3O4. The Bertz CT molecular complexity index is 974. The van der Waals surface area contributed by atoms with Crippen LogP contribution in [-0.4, -0.2) is 22.8 Å². The molecule has 2 aromatic carbocycles. The van der Waals surface area contributed by atoms with E-state index >= 15 is 0 Å². The molecule has 0 atom stereocenters. The van der Waals surface area contributed by atoms with E-state index in [9.17, 15) is 14.9 Å². The first-order valence-electron chi connectivity index (χ1n) is 8.20. The maximum absolute atomic E-state index is 12.5. The van der Waals surface area contributed by atoms with Crippen molar-refractivity contribution in [1.29, 1.82) is 0 Å². The maximum Gasteiger partial charge on any atom is 0.293 e. The monoisotopic (exact) mass is 363 g/mol. The molecule has 0 fully saturated rings. The number of pyridine rings is 1. The van der Waals surface area contributed by atoms with Crippen LogP contribution in [0, 0.1) is 10.1 Å². The minimum atomic E-state index is -0.509. The van der Waals surface area contributed by atoms with Crippen LogP contribution >= 0.6 is 0 Å². The fraction of sp³-hybridized carbons (Fsp3) is 0.100. The van der Waals surface area contributed by atoms with Crippen molar-refractivity contribution in [3.63, 3.8) is 0 Å². The van der Waals surface area contributed by atoms with Gasteiger partial charge in [0.1, 0.15) is 5.69 Å². The predicted octanol–water partition coefficient (Wildman–Crippen LogP) is 3.84. The molecule has 0 spiro atoms. The average molecular weight is 363 g/mol. The zero-order valence-corrected chi connectivity index (χ0v) is 14.6. The number of benzene rings is 2. The fourth-order valence-electron chi connectivity index (χ4n) is 2.66. The molecule has 7 nitrogen and oxygen atoms in total. The number of nitrogens with zero attached hydrogens (tertiary/aromatic N) is 2. The van der Waals surface area contributed by atoms with Crippen LogP contribution < -0.4 is 10.1 Å². The number of methoxy groups -OCH3 is 1. The first-order chi connectivity index (χ1) is 13.1. The molecule has 0 bridgehead atoms. The number of hydrogen-bond donors (Lipinski definition) is 1. The molecular weight excluding hydrogens is 346 g/mol. The lowest BCUT2D eigenvalue weighted by Gasteiger charge is -2.10. The third kappa shape index (κ3) is 4.09. The van der Waals surface area contributed by atoms with E-state index < -0.39 is 4.92 Å². The highest BCUT2D eigenvalue weighted by Gasteiger charge is 2.18. The van der Waals surface area contributed by atoms with Gasteiger partial charge < -0.3 is 10.1 Å². The zero-order chi connectivity index (χ0) is 19.2. The minimum Gasteiger partial charge on any atom is -0.481 e. The van der Waals surface area contributed by atoms with E-state index in [4.69, 9.17) is 4.74 Å². The Morgan fingerprint density at radius 1 is 1.11 bits per heavy atom. The van der Waals surface area contributed by atoms with Gasteiger partial charge in [0.25, 0.3) is 5.69 Å². The summed E-state index contributed by atoms with van der Waals surface area (Å²) in [6.45, 7) is 0.295. The lowest BCUT2D eigenvalue weighted by Crippen LogP contribution is -2.07. The number of ketones is 1. The van der Waals surface area contributed by atoms with E-state index in [0.717, 1.165) is 5.56 Å². The van der Waals surface area contributed by atoms with Gasteiger partial charge >= 0.3 is 0 Å². The van der Waals surface area contributed by atoms with Gasteiger partial charge in [-0.05, 0) is 18.2 Å². The molecule has 0 aliphatic rings.